The Morgan fingerprint density at radius 1 is 1.83 bits per heavy atom. The maximum Gasteiger partial charge on any atom is 0.312 e. The van der Waals surface area contributed by atoms with Gasteiger partial charge < -0.3 is 15.0 Å². The predicted molar refractivity (Wildman–Crippen MR) is 44.1 cm³/mol. The van der Waals surface area contributed by atoms with Crippen LogP contribution in [0.5, 0.6) is 5.88 Å². The molecule has 1 heterocycles. The van der Waals surface area contributed by atoms with Gasteiger partial charge >= 0.3 is 5.97 Å². The Balaban J connectivity index is 0.00000121. The van der Waals surface area contributed by atoms with E-state index in [0.29, 0.717) is 6.42 Å². The number of halogens is 1. The van der Waals surface area contributed by atoms with Crippen molar-refractivity contribution in [2.75, 3.05) is 5.73 Å². The Kier molecular flexibility index (Phi) is 4.14. The molecule has 0 fully saturated rings. The van der Waals surface area contributed by atoms with Crippen LogP contribution in [0.2, 0.25) is 0 Å². The molecule has 0 saturated carbocycles. The van der Waals surface area contributed by atoms with Crippen molar-refractivity contribution in [3.8, 4) is 5.88 Å². The second-order valence-electron chi connectivity index (χ2n) is 1.90. The van der Waals surface area contributed by atoms with Gasteiger partial charge in [-0.15, -0.1) is 12.4 Å². The van der Waals surface area contributed by atoms with Gasteiger partial charge in [-0.25, -0.2) is 0 Å². The Hall–Kier alpha value is -1.23. The zero-order chi connectivity index (χ0) is 8.27. The van der Waals surface area contributed by atoms with Crippen LogP contribution in [0.25, 0.3) is 0 Å². The highest BCUT2D eigenvalue weighted by Crippen LogP contribution is 2.12. The lowest BCUT2D eigenvalue weighted by atomic mass is 10.5. The molecule has 1 aromatic heterocycles. The molecule has 0 aliphatic carbocycles. The molecule has 0 atom stereocenters. The third kappa shape index (κ3) is 2.79. The molecule has 0 bridgehead atoms. The van der Waals surface area contributed by atoms with Crippen LogP contribution in [0.4, 0.5) is 5.88 Å². The van der Waals surface area contributed by atoms with E-state index in [1.807, 2.05) is 0 Å². The summed E-state index contributed by atoms with van der Waals surface area (Å²) in [5, 5.41) is 3.36. The number of ether oxygens (including phenoxy) is 1. The van der Waals surface area contributed by atoms with Crippen molar-refractivity contribution in [1.29, 1.82) is 0 Å². The van der Waals surface area contributed by atoms with Gasteiger partial charge in [0.15, 0.2) is 0 Å². The Labute approximate surface area is 75.3 Å². The minimum absolute atomic E-state index is 0. The third-order valence-electron chi connectivity index (χ3n) is 1.01. The molecule has 6 heteroatoms. The lowest BCUT2D eigenvalue weighted by molar-refractivity contribution is -0.134. The molecular formula is C6H9ClN2O3. The fourth-order valence-electron chi connectivity index (χ4n) is 0.509. The molecule has 0 aliphatic heterocycles. The van der Waals surface area contributed by atoms with E-state index < -0.39 is 0 Å². The Morgan fingerprint density at radius 3 is 2.92 bits per heavy atom. The molecule has 0 amide bonds. The molecule has 68 valence electrons. The molecule has 12 heavy (non-hydrogen) atoms. The molecule has 1 rings (SSSR count). The number of esters is 1. The number of hydrogen-bond acceptors (Lipinski definition) is 5. The fourth-order valence-corrected chi connectivity index (χ4v) is 0.509. The second-order valence-corrected chi connectivity index (χ2v) is 1.90. The van der Waals surface area contributed by atoms with E-state index in [-0.39, 0.29) is 30.1 Å². The summed E-state index contributed by atoms with van der Waals surface area (Å²) in [6, 6.07) is 1.34. The molecule has 0 aromatic carbocycles. The monoisotopic (exact) mass is 192 g/mol. The number of anilines is 1. The predicted octanol–water partition coefficient (Wildman–Crippen LogP) is 0.994. The van der Waals surface area contributed by atoms with Crippen molar-refractivity contribution in [1.82, 2.24) is 5.16 Å². The zero-order valence-electron chi connectivity index (χ0n) is 6.44. The first-order chi connectivity index (χ1) is 5.22. The molecule has 1 aromatic rings. The maximum atomic E-state index is 10.6. The van der Waals surface area contributed by atoms with Crippen LogP contribution < -0.4 is 10.5 Å². The van der Waals surface area contributed by atoms with Crippen LogP contribution in [0.1, 0.15) is 13.3 Å². The van der Waals surface area contributed by atoms with Crippen molar-refractivity contribution in [2.45, 2.75) is 13.3 Å². The van der Waals surface area contributed by atoms with Crippen molar-refractivity contribution >= 4 is 24.3 Å². The van der Waals surface area contributed by atoms with Crippen molar-refractivity contribution in [2.24, 2.45) is 0 Å². The first-order valence-electron chi connectivity index (χ1n) is 3.15. The summed E-state index contributed by atoms with van der Waals surface area (Å²) in [5.41, 5.74) is 5.18. The molecule has 0 aliphatic rings. The molecule has 0 unspecified atom stereocenters. The molecule has 5 nitrogen and oxygen atoms in total. The van der Waals surface area contributed by atoms with Gasteiger partial charge in [-0.05, 0) is 5.16 Å². The van der Waals surface area contributed by atoms with Gasteiger partial charge in [0.25, 0.3) is 5.88 Å². The van der Waals surface area contributed by atoms with Crippen molar-refractivity contribution < 1.29 is 14.1 Å². The average Bonchev–Trinajstić information content (AvgIpc) is 2.35. The highest BCUT2D eigenvalue weighted by atomic mass is 35.5. The highest BCUT2D eigenvalue weighted by Gasteiger charge is 2.05. The summed E-state index contributed by atoms with van der Waals surface area (Å²) >= 11 is 0. The van der Waals surface area contributed by atoms with E-state index in [0.717, 1.165) is 0 Å². The summed E-state index contributed by atoms with van der Waals surface area (Å²) in [6.45, 7) is 1.69. The van der Waals surface area contributed by atoms with Gasteiger partial charge in [0.05, 0.1) is 6.07 Å². The smallest absolute Gasteiger partial charge is 0.312 e. The van der Waals surface area contributed by atoms with E-state index >= 15 is 0 Å². The van der Waals surface area contributed by atoms with Crippen molar-refractivity contribution in [3.63, 3.8) is 0 Å². The van der Waals surface area contributed by atoms with Crippen LogP contribution in [0.15, 0.2) is 10.6 Å². The van der Waals surface area contributed by atoms with E-state index in [1.54, 1.807) is 6.92 Å². The summed E-state index contributed by atoms with van der Waals surface area (Å²) < 4.78 is 9.12. The van der Waals surface area contributed by atoms with Gasteiger partial charge in [-0.2, -0.15) is 0 Å². The number of rotatable bonds is 2. The van der Waals surface area contributed by atoms with E-state index in [9.17, 15) is 4.79 Å². The van der Waals surface area contributed by atoms with Gasteiger partial charge in [0.1, 0.15) is 0 Å². The molecule has 0 saturated heterocycles. The van der Waals surface area contributed by atoms with Crippen LogP contribution in [0.3, 0.4) is 0 Å². The first-order valence-corrected chi connectivity index (χ1v) is 3.15. The molecule has 2 N–H and O–H groups in total. The maximum absolute atomic E-state index is 10.6. The first kappa shape index (κ1) is 10.8. The Bertz CT molecular complexity index is 261. The quantitative estimate of drug-likeness (QED) is 0.707. The number of nitrogens with zero attached hydrogens (tertiary/aromatic N) is 1. The number of carbonyl (C=O) groups is 1. The minimum atomic E-state index is -0.363. The minimum Gasteiger partial charge on any atom is -0.404 e. The standard InChI is InChI=1S/C6H8N2O3.ClH/c1-2-6(9)10-5-3-4(7)11-8-5;/h3H,2,7H2,1H3;1H. The topological polar surface area (TPSA) is 78.4 Å². The van der Waals surface area contributed by atoms with E-state index in [4.69, 9.17) is 5.73 Å². The van der Waals surface area contributed by atoms with E-state index in [1.165, 1.54) is 6.07 Å². The number of nitrogens with two attached hydrogens (primary N) is 1. The van der Waals surface area contributed by atoms with Crippen LogP contribution in [-0.2, 0) is 4.79 Å². The molecule has 0 radical (unpaired) electrons. The van der Waals surface area contributed by atoms with Gasteiger partial charge in [-0.3, -0.25) is 4.79 Å². The van der Waals surface area contributed by atoms with Gasteiger partial charge in [-0.1, -0.05) is 6.92 Å². The second kappa shape index (κ2) is 4.61. The lowest BCUT2D eigenvalue weighted by Gasteiger charge is -1.93. The summed E-state index contributed by atoms with van der Waals surface area (Å²) in [7, 11) is 0. The number of nitrogen functional groups attached to an aromatic ring is 1. The fraction of sp³-hybridized carbons (Fsp3) is 0.333. The number of aromatic nitrogens is 1. The van der Waals surface area contributed by atoms with Crippen LogP contribution >= 0.6 is 12.4 Å². The average molecular weight is 193 g/mol. The van der Waals surface area contributed by atoms with Crippen LogP contribution in [0, 0.1) is 0 Å². The zero-order valence-corrected chi connectivity index (χ0v) is 7.26. The third-order valence-corrected chi connectivity index (χ3v) is 1.01. The number of hydrogen-bond donors (Lipinski definition) is 1. The van der Waals surface area contributed by atoms with Gasteiger partial charge in [0.2, 0.25) is 5.88 Å². The normalized spacial score (nSPS) is 8.75. The molecular weight excluding hydrogens is 184 g/mol. The lowest BCUT2D eigenvalue weighted by Crippen LogP contribution is -2.05. The highest BCUT2D eigenvalue weighted by molar-refractivity contribution is 5.85. The Morgan fingerprint density at radius 2 is 2.50 bits per heavy atom. The summed E-state index contributed by atoms with van der Waals surface area (Å²) in [6.07, 6.45) is 0.298. The van der Waals surface area contributed by atoms with Crippen molar-refractivity contribution in [3.05, 3.63) is 6.07 Å². The van der Waals surface area contributed by atoms with Gasteiger partial charge in [0, 0.05) is 6.42 Å². The molecule has 0 spiro atoms. The SMILES string of the molecule is CCC(=O)Oc1cc(N)on1.Cl. The summed E-state index contributed by atoms with van der Waals surface area (Å²) in [5.74, 6) is -0.128. The largest absolute Gasteiger partial charge is 0.404 e. The summed E-state index contributed by atoms with van der Waals surface area (Å²) in [4.78, 5) is 10.6. The van der Waals surface area contributed by atoms with Crippen LogP contribution in [-0.4, -0.2) is 11.1 Å². The number of carbonyl (C=O) groups excluding carboxylic acids is 1. The van der Waals surface area contributed by atoms with E-state index in [2.05, 4.69) is 14.4 Å².